The van der Waals surface area contributed by atoms with Gasteiger partial charge >= 0.3 is 19.1 Å². The molecule has 1 fully saturated rings. The van der Waals surface area contributed by atoms with E-state index in [-0.39, 0.29) is 48.3 Å². The summed E-state index contributed by atoms with van der Waals surface area (Å²) in [5.41, 5.74) is 0.243. The van der Waals surface area contributed by atoms with Gasteiger partial charge in [0.25, 0.3) is 5.69 Å². The molecule has 0 atom stereocenters. The molecule has 2 aliphatic rings. The van der Waals surface area contributed by atoms with Crippen LogP contribution in [0.4, 0.5) is 5.69 Å². The Hall–Kier alpha value is -2.72. The summed E-state index contributed by atoms with van der Waals surface area (Å²) in [7, 11) is -0.259. The first-order valence-corrected chi connectivity index (χ1v) is 17.7. The van der Waals surface area contributed by atoms with E-state index in [4.69, 9.17) is 18.8 Å². The van der Waals surface area contributed by atoms with Gasteiger partial charge in [0.2, 0.25) is 0 Å². The molecule has 0 N–H and O–H groups in total. The number of benzene rings is 1. The second-order valence-electron chi connectivity index (χ2n) is 13.8. The number of nitro benzene ring substituents is 1. The molecule has 0 unspecified atom stereocenters. The van der Waals surface area contributed by atoms with Gasteiger partial charge in [0.15, 0.2) is 0 Å². The van der Waals surface area contributed by atoms with Crippen LogP contribution in [0.25, 0.3) is 0 Å². The molecule has 1 aromatic carbocycles. The molecule has 0 radical (unpaired) electrons. The van der Waals surface area contributed by atoms with Crippen molar-refractivity contribution >= 4 is 24.7 Å². The maximum Gasteiger partial charge on any atom is 0.490 e. The van der Waals surface area contributed by atoms with Crippen molar-refractivity contribution in [1.82, 2.24) is 0 Å². The molecule has 256 valence electrons. The van der Waals surface area contributed by atoms with Crippen molar-refractivity contribution in [3.63, 3.8) is 0 Å². The first kappa shape index (κ1) is 37.7. The number of non-ortho nitro benzene ring substituents is 1. The highest BCUT2D eigenvalue weighted by Crippen LogP contribution is 2.39. The zero-order valence-electron chi connectivity index (χ0n) is 28.7. The van der Waals surface area contributed by atoms with E-state index in [0.717, 1.165) is 76.7 Å². The number of hydrogen-bond donors (Lipinski definition) is 0. The van der Waals surface area contributed by atoms with Crippen LogP contribution in [0.3, 0.4) is 0 Å². The Balaban J connectivity index is 1.54. The summed E-state index contributed by atoms with van der Waals surface area (Å²) in [5.74, 6) is -1.40. The summed E-state index contributed by atoms with van der Waals surface area (Å²) < 4.78 is 23.7. The topological polar surface area (TPSA) is 114 Å². The van der Waals surface area contributed by atoms with E-state index < -0.39 is 16.9 Å². The molecule has 3 rings (SSSR count). The monoisotopic (exact) mass is 641 g/mol. The Morgan fingerprint density at radius 2 is 1.11 bits per heavy atom. The number of esters is 2. The van der Waals surface area contributed by atoms with Crippen LogP contribution in [0.5, 0.6) is 0 Å². The fourth-order valence-electron chi connectivity index (χ4n) is 5.87. The van der Waals surface area contributed by atoms with Crippen molar-refractivity contribution in [3.05, 3.63) is 51.0 Å². The third-order valence-corrected chi connectivity index (χ3v) is 9.54. The van der Waals surface area contributed by atoms with Gasteiger partial charge in [-0.25, -0.2) is 9.59 Å². The molecule has 2 heterocycles. The number of cyclic esters (lactones) is 2. The van der Waals surface area contributed by atoms with Crippen LogP contribution in [0, 0.1) is 10.1 Å². The van der Waals surface area contributed by atoms with Gasteiger partial charge in [0.1, 0.15) is 0 Å². The lowest BCUT2D eigenvalue weighted by molar-refractivity contribution is -0.384. The first-order chi connectivity index (χ1) is 22.0. The minimum atomic E-state index is -0.737. The van der Waals surface area contributed by atoms with Crippen LogP contribution in [0.2, 0.25) is 0 Å². The Kier molecular flexibility index (Phi) is 15.7. The second-order valence-corrected chi connectivity index (χ2v) is 13.8. The van der Waals surface area contributed by atoms with E-state index in [1.807, 2.05) is 0 Å². The molecule has 0 aliphatic carbocycles. The van der Waals surface area contributed by atoms with E-state index in [1.54, 1.807) is 0 Å². The molecule has 0 bridgehead atoms. The molecule has 0 aromatic heterocycles. The van der Waals surface area contributed by atoms with E-state index in [1.165, 1.54) is 56.1 Å². The highest BCUT2D eigenvalue weighted by Gasteiger charge is 2.52. The van der Waals surface area contributed by atoms with E-state index in [2.05, 4.69) is 33.8 Å². The predicted molar refractivity (Wildman–Crippen MR) is 181 cm³/mol. The number of nitrogens with zero attached hydrogens (tertiary/aromatic N) is 1. The Morgan fingerprint density at radius 3 is 1.63 bits per heavy atom. The second kappa shape index (κ2) is 19.2. The van der Waals surface area contributed by atoms with Crippen molar-refractivity contribution in [3.8, 4) is 0 Å². The zero-order chi connectivity index (χ0) is 33.4. The average molecular weight is 642 g/mol. The highest BCUT2D eigenvalue weighted by atomic mass is 16.7. The minimum absolute atomic E-state index is 0.000223. The third-order valence-electron chi connectivity index (χ3n) is 9.54. The van der Waals surface area contributed by atoms with Gasteiger partial charge in [-0.3, -0.25) is 10.1 Å². The summed E-state index contributed by atoms with van der Waals surface area (Å²) in [6, 6.07) is 3.60. The van der Waals surface area contributed by atoms with Crippen LogP contribution >= 0.6 is 0 Å². The van der Waals surface area contributed by atoms with Crippen LogP contribution in [0.15, 0.2) is 29.7 Å². The van der Waals surface area contributed by atoms with Gasteiger partial charge in [0, 0.05) is 12.1 Å². The number of rotatable bonds is 2. The molecule has 1 saturated heterocycles. The minimum Gasteiger partial charge on any atom is -0.462 e. The molecule has 0 spiro atoms. The lowest BCUT2D eigenvalue weighted by Crippen LogP contribution is -2.41. The van der Waals surface area contributed by atoms with Crippen LogP contribution < -0.4 is 0 Å². The lowest BCUT2D eigenvalue weighted by Gasteiger charge is -2.32. The normalized spacial score (nSPS) is 23.5. The van der Waals surface area contributed by atoms with Crippen LogP contribution in [-0.2, 0) is 18.8 Å². The maximum absolute atomic E-state index is 12.8. The molecule has 0 amide bonds. The van der Waals surface area contributed by atoms with Crippen LogP contribution in [-0.4, -0.2) is 48.4 Å². The summed E-state index contributed by atoms with van der Waals surface area (Å²) in [4.78, 5) is 36.3. The number of nitro groups is 1. The lowest BCUT2D eigenvalue weighted by atomic mass is 9.74. The standard InChI is InChI=1S/C36H56BNO8/c1-35(2)36(3,4)46-37(45-35)29-22-18-14-10-6-5-8-12-17-21-27-44-34(40)32-28-30(38(41)42)24-25-31(32)33(39)43-26-20-16-13-9-7-11-15-19-23-29/h22,24-25,28H,5-21,23,26-27H2,1-4H3/b29-22+. The highest BCUT2D eigenvalue weighted by molar-refractivity contribution is 6.54. The molecule has 2 aliphatic heterocycles. The Labute approximate surface area is 276 Å². The molecular weight excluding hydrogens is 585 g/mol. The summed E-state index contributed by atoms with van der Waals surface area (Å²) in [6.07, 6.45) is 21.5. The number of allylic oxidation sites excluding steroid dienone is 2. The van der Waals surface area contributed by atoms with E-state index in [9.17, 15) is 19.7 Å². The zero-order valence-corrected chi connectivity index (χ0v) is 28.7. The Morgan fingerprint density at radius 1 is 0.652 bits per heavy atom. The van der Waals surface area contributed by atoms with Crippen molar-refractivity contribution in [1.29, 1.82) is 0 Å². The summed E-state index contributed by atoms with van der Waals surface area (Å²) >= 11 is 0. The smallest absolute Gasteiger partial charge is 0.462 e. The predicted octanol–water partition coefficient (Wildman–Crippen LogP) is 9.50. The fraction of sp³-hybridized carbons (Fsp3) is 0.722. The molecule has 46 heavy (non-hydrogen) atoms. The first-order valence-electron chi connectivity index (χ1n) is 17.7. The van der Waals surface area contributed by atoms with Gasteiger partial charge in [0.05, 0.1) is 40.5 Å². The van der Waals surface area contributed by atoms with Gasteiger partial charge < -0.3 is 18.8 Å². The number of hydrogen-bond acceptors (Lipinski definition) is 8. The molecular formula is C36H56BNO8. The van der Waals surface area contributed by atoms with Gasteiger partial charge in [-0.2, -0.15) is 0 Å². The van der Waals surface area contributed by atoms with Crippen molar-refractivity contribution in [2.24, 2.45) is 0 Å². The van der Waals surface area contributed by atoms with Gasteiger partial charge in [-0.15, -0.1) is 0 Å². The average Bonchev–Trinajstić information content (AvgIpc) is 3.23. The van der Waals surface area contributed by atoms with Crippen molar-refractivity contribution < 1.29 is 33.3 Å². The van der Waals surface area contributed by atoms with Crippen molar-refractivity contribution in [2.75, 3.05) is 13.2 Å². The largest absolute Gasteiger partial charge is 0.490 e. The molecule has 0 saturated carbocycles. The fourth-order valence-corrected chi connectivity index (χ4v) is 5.87. The third kappa shape index (κ3) is 12.1. The van der Waals surface area contributed by atoms with Gasteiger partial charge in [-0.05, 0) is 71.3 Å². The number of fused-ring (bicyclic) bond motifs is 1. The molecule has 1 aromatic rings. The van der Waals surface area contributed by atoms with E-state index in [0.29, 0.717) is 6.42 Å². The van der Waals surface area contributed by atoms with Gasteiger partial charge in [-0.1, -0.05) is 89.5 Å². The number of carbonyl (C=O) groups is 2. The Bertz CT molecular complexity index is 1150. The van der Waals surface area contributed by atoms with E-state index >= 15 is 0 Å². The summed E-state index contributed by atoms with van der Waals surface area (Å²) in [6.45, 7) is 8.90. The molecule has 9 nitrogen and oxygen atoms in total. The SMILES string of the molecule is CC1(C)OB(/C2=C/CCCCCCCCCCOC(=O)c3cc([N+](=O)[O-])ccc3C(=O)OCCCCCCCCCC2)OC1(C)C. The maximum atomic E-state index is 12.8. The van der Waals surface area contributed by atoms with Crippen LogP contribution in [0.1, 0.15) is 164 Å². The van der Waals surface area contributed by atoms with Crippen molar-refractivity contribution in [2.45, 2.75) is 154 Å². The molecule has 10 heteroatoms. The quantitative estimate of drug-likeness (QED) is 0.136. The number of ether oxygens (including phenoxy) is 2. The number of carbonyl (C=O) groups excluding carboxylic acids is 2. The summed E-state index contributed by atoms with van der Waals surface area (Å²) in [5, 5.41) is 11.3.